The Hall–Kier alpha value is -2.53. The molecule has 2 aromatic carbocycles. The number of methoxy groups -OCH3 is 1. The largest absolute Gasteiger partial charge is 0.496 e. The lowest BCUT2D eigenvalue weighted by Gasteiger charge is -2.28. The van der Waals surface area contributed by atoms with Gasteiger partial charge in [0.1, 0.15) is 11.6 Å². The van der Waals surface area contributed by atoms with E-state index in [4.69, 9.17) is 16.3 Å². The molecule has 0 spiro atoms. The SMILES string of the molecule is COc1ccc(S(=O)(=O)Nc2ccc(F)c(Cl)c2)c2c1CC(NC(=O)C(F)(F)F)CC2. The Labute approximate surface area is 180 Å². The van der Waals surface area contributed by atoms with Crippen LogP contribution in [0.4, 0.5) is 23.2 Å². The fraction of sp³-hybridized carbons (Fsp3) is 0.316. The van der Waals surface area contributed by atoms with E-state index in [1.807, 2.05) is 5.32 Å². The zero-order chi connectivity index (χ0) is 23.0. The van der Waals surface area contributed by atoms with Gasteiger partial charge in [-0.1, -0.05) is 11.6 Å². The van der Waals surface area contributed by atoms with Crippen molar-refractivity contribution in [3.8, 4) is 5.75 Å². The Balaban J connectivity index is 1.93. The lowest BCUT2D eigenvalue weighted by Crippen LogP contribution is -2.45. The second kappa shape index (κ2) is 8.54. The molecular weight excluding hydrogens is 464 g/mol. The van der Waals surface area contributed by atoms with E-state index in [2.05, 4.69) is 4.72 Å². The van der Waals surface area contributed by atoms with Gasteiger partial charge in [0.15, 0.2) is 0 Å². The Bertz CT molecular complexity index is 1120. The highest BCUT2D eigenvalue weighted by atomic mass is 35.5. The Kier molecular flexibility index (Phi) is 6.38. The van der Waals surface area contributed by atoms with Crippen molar-refractivity contribution in [3.63, 3.8) is 0 Å². The summed E-state index contributed by atoms with van der Waals surface area (Å²) in [5.74, 6) is -2.47. The fourth-order valence-electron chi connectivity index (χ4n) is 3.42. The first-order chi connectivity index (χ1) is 14.4. The molecule has 3 rings (SSSR count). The molecule has 6 nitrogen and oxygen atoms in total. The van der Waals surface area contributed by atoms with Gasteiger partial charge < -0.3 is 10.1 Å². The van der Waals surface area contributed by atoms with Gasteiger partial charge in [0, 0.05) is 11.6 Å². The lowest BCUT2D eigenvalue weighted by atomic mass is 9.87. The molecule has 0 aromatic heterocycles. The zero-order valence-corrected chi connectivity index (χ0v) is 17.6. The van der Waals surface area contributed by atoms with Crippen LogP contribution in [0.2, 0.25) is 5.02 Å². The molecule has 0 aliphatic heterocycles. The first kappa shape index (κ1) is 23.1. The number of rotatable bonds is 5. The van der Waals surface area contributed by atoms with Gasteiger partial charge in [-0.25, -0.2) is 12.8 Å². The van der Waals surface area contributed by atoms with Crippen molar-refractivity contribution in [3.05, 3.63) is 52.3 Å². The van der Waals surface area contributed by atoms with Gasteiger partial charge in [-0.15, -0.1) is 0 Å². The molecule has 1 amide bonds. The summed E-state index contributed by atoms with van der Waals surface area (Å²) < 4.78 is 84.5. The number of nitrogens with one attached hydrogen (secondary N) is 2. The molecule has 0 saturated heterocycles. The van der Waals surface area contributed by atoms with Crippen LogP contribution in [0.1, 0.15) is 17.5 Å². The molecule has 1 atom stereocenters. The predicted molar refractivity (Wildman–Crippen MR) is 105 cm³/mol. The van der Waals surface area contributed by atoms with E-state index in [1.165, 1.54) is 25.3 Å². The molecule has 0 saturated carbocycles. The number of hydrogen-bond donors (Lipinski definition) is 2. The third kappa shape index (κ3) is 5.04. The number of halogens is 5. The zero-order valence-electron chi connectivity index (χ0n) is 16.0. The molecule has 2 aromatic rings. The minimum absolute atomic E-state index is 0.0357. The van der Waals surface area contributed by atoms with Crippen LogP contribution >= 0.6 is 11.6 Å². The summed E-state index contributed by atoms with van der Waals surface area (Å²) >= 11 is 5.69. The van der Waals surface area contributed by atoms with Gasteiger partial charge in [-0.2, -0.15) is 13.2 Å². The maximum absolute atomic E-state index is 13.3. The van der Waals surface area contributed by atoms with Crippen LogP contribution < -0.4 is 14.8 Å². The first-order valence-electron chi connectivity index (χ1n) is 8.96. The van der Waals surface area contributed by atoms with E-state index in [0.717, 1.165) is 12.1 Å². The molecule has 31 heavy (non-hydrogen) atoms. The topological polar surface area (TPSA) is 84.5 Å². The number of anilines is 1. The van der Waals surface area contributed by atoms with Gasteiger partial charge in [0.2, 0.25) is 0 Å². The van der Waals surface area contributed by atoms with Crippen molar-refractivity contribution in [2.24, 2.45) is 0 Å². The van der Waals surface area contributed by atoms with Crippen LogP contribution in [0.25, 0.3) is 0 Å². The maximum Gasteiger partial charge on any atom is 0.471 e. The van der Waals surface area contributed by atoms with Crippen molar-refractivity contribution < 1.29 is 35.5 Å². The number of benzene rings is 2. The summed E-state index contributed by atoms with van der Waals surface area (Å²) in [5, 5.41) is 1.66. The van der Waals surface area contributed by atoms with E-state index in [-0.39, 0.29) is 34.9 Å². The van der Waals surface area contributed by atoms with E-state index in [1.54, 1.807) is 0 Å². The van der Waals surface area contributed by atoms with Gasteiger partial charge in [-0.05, 0) is 55.2 Å². The Morgan fingerprint density at radius 2 is 1.90 bits per heavy atom. The number of carbonyl (C=O) groups excluding carboxylic acids is 1. The molecule has 1 aliphatic carbocycles. The maximum atomic E-state index is 13.3. The van der Waals surface area contributed by atoms with Crippen molar-refractivity contribution in [2.45, 2.75) is 36.4 Å². The van der Waals surface area contributed by atoms with E-state index < -0.39 is 34.0 Å². The van der Waals surface area contributed by atoms with Crippen LogP contribution in [0, 0.1) is 5.82 Å². The number of fused-ring (bicyclic) bond motifs is 1. The monoisotopic (exact) mass is 480 g/mol. The highest BCUT2D eigenvalue weighted by molar-refractivity contribution is 7.92. The molecule has 1 unspecified atom stereocenters. The van der Waals surface area contributed by atoms with Crippen molar-refractivity contribution in [2.75, 3.05) is 11.8 Å². The first-order valence-corrected chi connectivity index (χ1v) is 10.8. The third-order valence-electron chi connectivity index (χ3n) is 4.81. The number of sulfonamides is 1. The molecule has 168 valence electrons. The minimum Gasteiger partial charge on any atom is -0.496 e. The van der Waals surface area contributed by atoms with Crippen LogP contribution in [-0.4, -0.2) is 33.7 Å². The van der Waals surface area contributed by atoms with Gasteiger partial charge in [0.05, 0.1) is 22.7 Å². The van der Waals surface area contributed by atoms with Crippen LogP contribution in [0.5, 0.6) is 5.75 Å². The standard InChI is InChI=1S/C19H17ClF4N2O4S/c1-30-16-6-7-17(31(28,29)26-11-3-5-15(21)14(20)9-11)12-4-2-10(8-13(12)16)25-18(27)19(22,23)24/h3,5-7,9-10,26H,2,4,8H2,1H3,(H,25,27). The molecule has 0 heterocycles. The average molecular weight is 481 g/mol. The summed E-state index contributed by atoms with van der Waals surface area (Å²) in [6.07, 6.45) is -4.86. The number of carbonyl (C=O) groups is 1. The molecule has 12 heteroatoms. The lowest BCUT2D eigenvalue weighted by molar-refractivity contribution is -0.174. The molecule has 0 bridgehead atoms. The number of amides is 1. The van der Waals surface area contributed by atoms with Crippen LogP contribution in [0.3, 0.4) is 0 Å². The fourth-order valence-corrected chi connectivity index (χ4v) is 4.94. The summed E-state index contributed by atoms with van der Waals surface area (Å²) in [6.45, 7) is 0. The highest BCUT2D eigenvalue weighted by Gasteiger charge is 2.40. The smallest absolute Gasteiger partial charge is 0.471 e. The molecule has 2 N–H and O–H groups in total. The molecular formula is C19H17ClF4N2O4S. The quantitative estimate of drug-likeness (QED) is 0.637. The molecule has 0 fully saturated rings. The number of alkyl halides is 3. The van der Waals surface area contributed by atoms with Crippen molar-refractivity contribution in [1.82, 2.24) is 5.32 Å². The summed E-state index contributed by atoms with van der Waals surface area (Å²) in [6, 6.07) is 5.21. The number of ether oxygens (including phenoxy) is 1. The van der Waals surface area contributed by atoms with E-state index in [9.17, 15) is 30.8 Å². The second-order valence-electron chi connectivity index (χ2n) is 6.87. The Morgan fingerprint density at radius 1 is 1.19 bits per heavy atom. The second-order valence-corrected chi connectivity index (χ2v) is 8.93. The highest BCUT2D eigenvalue weighted by Crippen LogP contribution is 2.35. The Morgan fingerprint density at radius 3 is 2.52 bits per heavy atom. The third-order valence-corrected chi connectivity index (χ3v) is 6.57. The summed E-state index contributed by atoms with van der Waals surface area (Å²) in [5.41, 5.74) is 0.806. The van der Waals surface area contributed by atoms with Crippen molar-refractivity contribution in [1.29, 1.82) is 0 Å². The normalized spacial score (nSPS) is 16.4. The van der Waals surface area contributed by atoms with Gasteiger partial charge in [-0.3, -0.25) is 9.52 Å². The van der Waals surface area contributed by atoms with Crippen LogP contribution in [0.15, 0.2) is 35.2 Å². The van der Waals surface area contributed by atoms with Crippen LogP contribution in [-0.2, 0) is 27.7 Å². The van der Waals surface area contributed by atoms with E-state index >= 15 is 0 Å². The minimum atomic E-state index is -5.02. The predicted octanol–water partition coefficient (Wildman–Crippen LogP) is 3.82. The van der Waals surface area contributed by atoms with Crippen molar-refractivity contribution >= 4 is 33.2 Å². The molecule has 0 radical (unpaired) electrons. The number of hydrogen-bond acceptors (Lipinski definition) is 4. The molecule has 1 aliphatic rings. The summed E-state index contributed by atoms with van der Waals surface area (Å²) in [7, 11) is -2.78. The van der Waals surface area contributed by atoms with E-state index in [0.29, 0.717) is 16.9 Å². The summed E-state index contributed by atoms with van der Waals surface area (Å²) in [4.78, 5) is 11.2. The van der Waals surface area contributed by atoms with Gasteiger partial charge >= 0.3 is 12.1 Å². The average Bonchev–Trinajstić information content (AvgIpc) is 2.68. The van der Waals surface area contributed by atoms with Gasteiger partial charge in [0.25, 0.3) is 10.0 Å².